The summed E-state index contributed by atoms with van der Waals surface area (Å²) >= 11 is 0. The van der Waals surface area contributed by atoms with Crippen LogP contribution in [-0.4, -0.2) is 0 Å². The number of unbranched alkanes of at least 4 members (excludes halogenated alkanes) is 1. The summed E-state index contributed by atoms with van der Waals surface area (Å²) in [4.78, 5) is 0. The summed E-state index contributed by atoms with van der Waals surface area (Å²) in [5, 5.41) is 8.37. The van der Waals surface area contributed by atoms with Gasteiger partial charge < -0.3 is 0 Å². The average molecular weight is 151 g/mol. The molecule has 11 heavy (non-hydrogen) atoms. The summed E-state index contributed by atoms with van der Waals surface area (Å²) < 4.78 is 0. The number of rotatable bonds is 3. The van der Waals surface area contributed by atoms with Gasteiger partial charge in [-0.15, -0.1) is 0 Å². The van der Waals surface area contributed by atoms with Gasteiger partial charge in [0.25, 0.3) is 0 Å². The first-order chi connectivity index (χ1) is 5.27. The molecule has 0 aromatic rings. The number of hydrogen-bond donors (Lipinski definition) is 0. The standard InChI is InChI=1S/C10H17N/c1-10(6-2-3-7-10)8-4-5-9-11/h2-8H2,1H3. The normalized spacial score (nSPS) is 21.5. The minimum Gasteiger partial charge on any atom is -0.198 e. The van der Waals surface area contributed by atoms with Gasteiger partial charge in [-0.1, -0.05) is 19.8 Å². The molecular weight excluding hydrogens is 134 g/mol. The van der Waals surface area contributed by atoms with Crippen LogP contribution >= 0.6 is 0 Å². The monoisotopic (exact) mass is 151 g/mol. The predicted octanol–water partition coefficient (Wildman–Crippen LogP) is 3.26. The maximum Gasteiger partial charge on any atom is 0.0621 e. The van der Waals surface area contributed by atoms with E-state index in [1.807, 2.05) is 0 Å². The molecule has 0 heterocycles. The van der Waals surface area contributed by atoms with Crippen LogP contribution in [0.25, 0.3) is 0 Å². The fraction of sp³-hybridized carbons (Fsp3) is 0.900. The number of hydrogen-bond acceptors (Lipinski definition) is 1. The molecule has 0 N–H and O–H groups in total. The maximum absolute atomic E-state index is 8.37. The van der Waals surface area contributed by atoms with E-state index in [-0.39, 0.29) is 0 Å². The highest BCUT2D eigenvalue weighted by Crippen LogP contribution is 2.41. The van der Waals surface area contributed by atoms with Crippen molar-refractivity contribution in [3.05, 3.63) is 0 Å². The summed E-state index contributed by atoms with van der Waals surface area (Å²) in [5.41, 5.74) is 0.594. The van der Waals surface area contributed by atoms with Crippen LogP contribution < -0.4 is 0 Å². The zero-order valence-electron chi connectivity index (χ0n) is 7.40. The zero-order valence-corrected chi connectivity index (χ0v) is 7.40. The van der Waals surface area contributed by atoms with Crippen molar-refractivity contribution < 1.29 is 0 Å². The molecule has 0 atom stereocenters. The average Bonchev–Trinajstić information content (AvgIpc) is 2.38. The minimum absolute atomic E-state index is 0.594. The molecule has 1 aliphatic rings. The van der Waals surface area contributed by atoms with Crippen molar-refractivity contribution in [1.29, 1.82) is 5.26 Å². The summed E-state index contributed by atoms with van der Waals surface area (Å²) in [6, 6.07) is 2.21. The summed E-state index contributed by atoms with van der Waals surface area (Å²) in [6.07, 6.45) is 8.70. The molecular formula is C10H17N. The van der Waals surface area contributed by atoms with E-state index in [0.717, 1.165) is 12.8 Å². The van der Waals surface area contributed by atoms with Crippen LogP contribution in [0.4, 0.5) is 0 Å². The Labute approximate surface area is 69.4 Å². The first-order valence-electron chi connectivity index (χ1n) is 4.64. The van der Waals surface area contributed by atoms with Crippen LogP contribution in [0.3, 0.4) is 0 Å². The lowest BCUT2D eigenvalue weighted by Gasteiger charge is -2.22. The third-order valence-corrected chi connectivity index (χ3v) is 2.88. The van der Waals surface area contributed by atoms with Crippen molar-refractivity contribution in [2.75, 3.05) is 0 Å². The second-order valence-corrected chi connectivity index (χ2v) is 4.03. The van der Waals surface area contributed by atoms with E-state index in [0.29, 0.717) is 5.41 Å². The topological polar surface area (TPSA) is 23.8 Å². The lowest BCUT2D eigenvalue weighted by molar-refractivity contribution is 0.301. The molecule has 0 radical (unpaired) electrons. The van der Waals surface area contributed by atoms with Gasteiger partial charge in [0.15, 0.2) is 0 Å². The third kappa shape index (κ3) is 2.54. The smallest absolute Gasteiger partial charge is 0.0621 e. The molecule has 1 heteroatoms. The molecule has 62 valence electrons. The Kier molecular flexibility index (Phi) is 2.93. The lowest BCUT2D eigenvalue weighted by Crippen LogP contribution is -2.09. The van der Waals surface area contributed by atoms with Crippen LogP contribution in [0.5, 0.6) is 0 Å². The minimum atomic E-state index is 0.594. The van der Waals surface area contributed by atoms with Crippen LogP contribution in [0, 0.1) is 16.7 Å². The van der Waals surface area contributed by atoms with Gasteiger partial charge in [-0.05, 0) is 31.1 Å². The van der Waals surface area contributed by atoms with Crippen molar-refractivity contribution >= 4 is 0 Å². The molecule has 0 bridgehead atoms. The van der Waals surface area contributed by atoms with Crippen LogP contribution in [0.1, 0.15) is 51.9 Å². The third-order valence-electron chi connectivity index (χ3n) is 2.88. The second kappa shape index (κ2) is 3.76. The van der Waals surface area contributed by atoms with E-state index >= 15 is 0 Å². The lowest BCUT2D eigenvalue weighted by atomic mass is 9.83. The Bertz CT molecular complexity index is 149. The summed E-state index contributed by atoms with van der Waals surface area (Å²) in [6.45, 7) is 2.37. The van der Waals surface area contributed by atoms with Gasteiger partial charge in [0.05, 0.1) is 6.07 Å². The Morgan fingerprint density at radius 1 is 1.36 bits per heavy atom. The highest BCUT2D eigenvalue weighted by Gasteiger charge is 2.27. The van der Waals surface area contributed by atoms with E-state index < -0.39 is 0 Å². The molecule has 0 amide bonds. The molecule has 1 aliphatic carbocycles. The van der Waals surface area contributed by atoms with Crippen molar-refractivity contribution in [1.82, 2.24) is 0 Å². The predicted molar refractivity (Wildman–Crippen MR) is 46.0 cm³/mol. The van der Waals surface area contributed by atoms with Crippen LogP contribution in [0.2, 0.25) is 0 Å². The first-order valence-corrected chi connectivity index (χ1v) is 4.64. The van der Waals surface area contributed by atoms with Crippen molar-refractivity contribution in [3.8, 4) is 6.07 Å². The van der Waals surface area contributed by atoms with Crippen molar-refractivity contribution in [2.24, 2.45) is 5.41 Å². The molecule has 0 unspecified atom stereocenters. The van der Waals surface area contributed by atoms with Crippen molar-refractivity contribution in [3.63, 3.8) is 0 Å². The van der Waals surface area contributed by atoms with Crippen LogP contribution in [-0.2, 0) is 0 Å². The molecule has 0 spiro atoms. The number of nitrogens with zero attached hydrogens (tertiary/aromatic N) is 1. The van der Waals surface area contributed by atoms with E-state index in [9.17, 15) is 0 Å². The van der Waals surface area contributed by atoms with Gasteiger partial charge in [0.1, 0.15) is 0 Å². The molecule has 0 saturated heterocycles. The zero-order chi connectivity index (χ0) is 8.16. The molecule has 1 fully saturated rings. The molecule has 0 aliphatic heterocycles. The van der Waals surface area contributed by atoms with Gasteiger partial charge in [0, 0.05) is 6.42 Å². The Morgan fingerprint density at radius 2 is 2.00 bits per heavy atom. The Hall–Kier alpha value is -0.510. The van der Waals surface area contributed by atoms with Gasteiger partial charge in [0.2, 0.25) is 0 Å². The summed E-state index contributed by atoms with van der Waals surface area (Å²) in [5.74, 6) is 0. The van der Waals surface area contributed by atoms with Crippen molar-refractivity contribution in [2.45, 2.75) is 51.9 Å². The highest BCUT2D eigenvalue weighted by atomic mass is 14.3. The fourth-order valence-corrected chi connectivity index (χ4v) is 2.07. The van der Waals surface area contributed by atoms with E-state index in [4.69, 9.17) is 5.26 Å². The maximum atomic E-state index is 8.37. The molecule has 0 aromatic heterocycles. The molecule has 0 aromatic carbocycles. The largest absolute Gasteiger partial charge is 0.198 e. The Balaban J connectivity index is 2.19. The van der Waals surface area contributed by atoms with Gasteiger partial charge in [-0.25, -0.2) is 0 Å². The van der Waals surface area contributed by atoms with E-state index in [1.165, 1.54) is 32.1 Å². The van der Waals surface area contributed by atoms with Gasteiger partial charge >= 0.3 is 0 Å². The molecule has 1 saturated carbocycles. The highest BCUT2D eigenvalue weighted by molar-refractivity contribution is 4.81. The molecule has 1 nitrogen and oxygen atoms in total. The Morgan fingerprint density at radius 3 is 2.55 bits per heavy atom. The van der Waals surface area contributed by atoms with E-state index in [1.54, 1.807) is 0 Å². The quantitative estimate of drug-likeness (QED) is 0.568. The number of nitriles is 1. The first kappa shape index (κ1) is 8.59. The summed E-state index contributed by atoms with van der Waals surface area (Å²) in [7, 11) is 0. The van der Waals surface area contributed by atoms with Gasteiger partial charge in [-0.2, -0.15) is 5.26 Å². The second-order valence-electron chi connectivity index (χ2n) is 4.03. The molecule has 1 rings (SSSR count). The SMILES string of the molecule is CC1(CCCC#N)CCCC1. The fourth-order valence-electron chi connectivity index (χ4n) is 2.07. The van der Waals surface area contributed by atoms with Gasteiger partial charge in [-0.3, -0.25) is 0 Å². The van der Waals surface area contributed by atoms with Crippen LogP contribution in [0.15, 0.2) is 0 Å². The van der Waals surface area contributed by atoms with E-state index in [2.05, 4.69) is 13.0 Å².